The van der Waals surface area contributed by atoms with Crippen LogP contribution in [-0.2, 0) is 9.53 Å². The third-order valence-corrected chi connectivity index (χ3v) is 4.65. The lowest BCUT2D eigenvalue weighted by molar-refractivity contribution is -0.118. The number of benzene rings is 1. The molecule has 1 N–H and O–H groups in total. The topological polar surface area (TPSA) is 81.9 Å². The fourth-order valence-electron chi connectivity index (χ4n) is 2.94. The Morgan fingerprint density at radius 3 is 3.00 bits per heavy atom. The van der Waals surface area contributed by atoms with Crippen LogP contribution in [-0.4, -0.2) is 38.8 Å². The minimum absolute atomic E-state index is 0.0257. The van der Waals surface area contributed by atoms with E-state index in [1.807, 2.05) is 0 Å². The number of carbonyl (C=O) groups is 1. The highest BCUT2D eigenvalue weighted by atomic mass is 35.5. The van der Waals surface area contributed by atoms with Gasteiger partial charge in [0.1, 0.15) is 0 Å². The molecule has 0 bridgehead atoms. The van der Waals surface area contributed by atoms with Crippen LogP contribution in [0.2, 0.25) is 5.02 Å². The molecule has 1 atom stereocenters. The van der Waals surface area contributed by atoms with E-state index in [9.17, 15) is 4.79 Å². The van der Waals surface area contributed by atoms with E-state index < -0.39 is 0 Å². The smallest absolute Gasteiger partial charge is 0.226 e. The molecule has 1 aromatic carbocycles. The van der Waals surface area contributed by atoms with Crippen molar-refractivity contribution in [1.82, 2.24) is 20.2 Å². The van der Waals surface area contributed by atoms with Crippen molar-refractivity contribution in [1.29, 1.82) is 0 Å². The number of tetrazole rings is 1. The molecule has 1 aliphatic carbocycles. The number of ether oxygens (including phenoxy) is 1. The maximum absolute atomic E-state index is 12.2. The van der Waals surface area contributed by atoms with Crippen molar-refractivity contribution in [2.45, 2.75) is 44.1 Å². The van der Waals surface area contributed by atoms with Gasteiger partial charge in [0, 0.05) is 18.2 Å². The van der Waals surface area contributed by atoms with E-state index in [2.05, 4.69) is 20.8 Å². The summed E-state index contributed by atoms with van der Waals surface area (Å²) < 4.78 is 7.16. The number of nitrogens with zero attached hydrogens (tertiary/aromatic N) is 4. The number of carbonyl (C=O) groups excluding carboxylic acids is 1. The van der Waals surface area contributed by atoms with Crippen LogP contribution in [0, 0.1) is 0 Å². The Balaban J connectivity index is 1.52. The Hall–Kier alpha value is -1.99. The molecule has 1 aliphatic heterocycles. The maximum atomic E-state index is 12.2. The second-order valence-corrected chi connectivity index (χ2v) is 6.68. The molecule has 2 heterocycles. The average molecular weight is 348 g/mol. The number of anilines is 1. The van der Waals surface area contributed by atoms with Gasteiger partial charge in [-0.2, -0.15) is 4.68 Å². The van der Waals surface area contributed by atoms with Gasteiger partial charge in [-0.3, -0.25) is 4.79 Å². The lowest BCUT2D eigenvalue weighted by Gasteiger charge is -2.12. The number of rotatable bonds is 5. The van der Waals surface area contributed by atoms with E-state index in [0.717, 1.165) is 38.1 Å². The Bertz CT molecular complexity index is 753. The van der Waals surface area contributed by atoms with E-state index in [1.165, 1.54) is 0 Å². The number of halogens is 1. The highest BCUT2D eigenvalue weighted by Gasteiger charge is 2.30. The van der Waals surface area contributed by atoms with Crippen molar-refractivity contribution in [2.24, 2.45) is 0 Å². The Morgan fingerprint density at radius 1 is 1.38 bits per heavy atom. The van der Waals surface area contributed by atoms with Crippen LogP contribution in [0.15, 0.2) is 18.2 Å². The lowest BCUT2D eigenvalue weighted by Crippen LogP contribution is -2.19. The minimum atomic E-state index is -0.0608. The molecule has 24 heavy (non-hydrogen) atoms. The zero-order valence-electron chi connectivity index (χ0n) is 13.1. The predicted molar refractivity (Wildman–Crippen MR) is 88.4 cm³/mol. The highest BCUT2D eigenvalue weighted by molar-refractivity contribution is 6.32. The second-order valence-electron chi connectivity index (χ2n) is 6.28. The van der Waals surface area contributed by atoms with Crippen LogP contribution in [0.3, 0.4) is 0 Å². The number of nitrogens with one attached hydrogen (secondary N) is 1. The van der Waals surface area contributed by atoms with Gasteiger partial charge in [-0.05, 0) is 54.3 Å². The molecular weight excluding hydrogens is 330 g/mol. The van der Waals surface area contributed by atoms with Gasteiger partial charge in [0.15, 0.2) is 5.82 Å². The van der Waals surface area contributed by atoms with Gasteiger partial charge in [0.25, 0.3) is 0 Å². The molecule has 2 fully saturated rings. The first-order valence-electron chi connectivity index (χ1n) is 8.20. The number of aromatic nitrogens is 4. The fraction of sp³-hybridized carbons (Fsp3) is 0.500. The van der Waals surface area contributed by atoms with E-state index in [1.54, 1.807) is 22.9 Å². The van der Waals surface area contributed by atoms with E-state index >= 15 is 0 Å². The monoisotopic (exact) mass is 347 g/mol. The molecule has 4 rings (SSSR count). The van der Waals surface area contributed by atoms with Gasteiger partial charge < -0.3 is 10.1 Å². The molecule has 1 saturated heterocycles. The SMILES string of the molecule is O=C(CC1CCCO1)Nc1ccc(Cl)c(-n2nnnc2C2CC2)c1. The summed E-state index contributed by atoms with van der Waals surface area (Å²) in [6.45, 7) is 0.742. The van der Waals surface area contributed by atoms with E-state index in [-0.39, 0.29) is 12.0 Å². The molecular formula is C16H18ClN5O2. The first kappa shape index (κ1) is 15.5. The number of hydrogen-bond donors (Lipinski definition) is 1. The third kappa shape index (κ3) is 3.27. The summed E-state index contributed by atoms with van der Waals surface area (Å²) in [4.78, 5) is 12.2. The molecule has 126 valence electrons. The standard InChI is InChI=1S/C16H18ClN5O2/c17-13-6-5-11(18-15(23)9-12-2-1-7-24-12)8-14(13)22-16(10-3-4-10)19-20-21-22/h5-6,8,10,12H,1-4,7,9H2,(H,18,23). The van der Waals surface area contributed by atoms with Crippen LogP contribution >= 0.6 is 11.6 Å². The molecule has 0 radical (unpaired) electrons. The molecule has 2 aromatic rings. The van der Waals surface area contributed by atoms with Crippen LogP contribution in [0.1, 0.15) is 43.8 Å². The molecule has 1 aromatic heterocycles. The van der Waals surface area contributed by atoms with Crippen molar-refractivity contribution in [3.05, 3.63) is 29.0 Å². The molecule has 1 saturated carbocycles. The molecule has 7 nitrogen and oxygen atoms in total. The maximum Gasteiger partial charge on any atom is 0.226 e. The summed E-state index contributed by atoms with van der Waals surface area (Å²) in [6, 6.07) is 5.33. The minimum Gasteiger partial charge on any atom is -0.378 e. The average Bonchev–Trinajstić information content (AvgIpc) is 3.07. The Labute approximate surface area is 144 Å². The van der Waals surface area contributed by atoms with Gasteiger partial charge in [0.05, 0.1) is 23.2 Å². The largest absolute Gasteiger partial charge is 0.378 e. The molecule has 1 amide bonds. The molecule has 0 spiro atoms. The summed E-state index contributed by atoms with van der Waals surface area (Å²) in [7, 11) is 0. The Kier molecular flexibility index (Phi) is 4.20. The van der Waals surface area contributed by atoms with Gasteiger partial charge in [-0.25, -0.2) is 0 Å². The van der Waals surface area contributed by atoms with Crippen molar-refractivity contribution >= 4 is 23.2 Å². The molecule has 1 unspecified atom stereocenters. The van der Waals surface area contributed by atoms with Crippen molar-refractivity contribution in [2.75, 3.05) is 11.9 Å². The summed E-state index contributed by atoms with van der Waals surface area (Å²) in [6.07, 6.45) is 4.54. The summed E-state index contributed by atoms with van der Waals surface area (Å²) in [5, 5.41) is 15.4. The first-order chi connectivity index (χ1) is 11.7. The van der Waals surface area contributed by atoms with E-state index in [0.29, 0.717) is 28.7 Å². The van der Waals surface area contributed by atoms with Gasteiger partial charge in [0.2, 0.25) is 5.91 Å². The lowest BCUT2D eigenvalue weighted by atomic mass is 10.1. The third-order valence-electron chi connectivity index (χ3n) is 4.33. The zero-order valence-corrected chi connectivity index (χ0v) is 13.9. The molecule has 2 aliphatic rings. The quantitative estimate of drug-likeness (QED) is 0.899. The van der Waals surface area contributed by atoms with Crippen molar-refractivity contribution in [3.8, 4) is 5.69 Å². The van der Waals surface area contributed by atoms with E-state index in [4.69, 9.17) is 16.3 Å². The van der Waals surface area contributed by atoms with Gasteiger partial charge >= 0.3 is 0 Å². The summed E-state index contributed by atoms with van der Waals surface area (Å²) >= 11 is 6.31. The Morgan fingerprint density at radius 2 is 2.25 bits per heavy atom. The van der Waals surface area contributed by atoms with Crippen molar-refractivity contribution in [3.63, 3.8) is 0 Å². The predicted octanol–water partition coefficient (Wildman–Crippen LogP) is 2.70. The van der Waals surface area contributed by atoms with Crippen LogP contribution in [0.5, 0.6) is 0 Å². The van der Waals surface area contributed by atoms with Crippen LogP contribution < -0.4 is 5.32 Å². The summed E-state index contributed by atoms with van der Waals surface area (Å²) in [5.74, 6) is 1.16. The first-order valence-corrected chi connectivity index (χ1v) is 8.58. The fourth-order valence-corrected chi connectivity index (χ4v) is 3.14. The summed E-state index contributed by atoms with van der Waals surface area (Å²) in [5.41, 5.74) is 1.35. The highest BCUT2D eigenvalue weighted by Crippen LogP contribution is 2.40. The normalized spacial score (nSPS) is 20.3. The van der Waals surface area contributed by atoms with Gasteiger partial charge in [-0.15, -0.1) is 5.10 Å². The van der Waals surface area contributed by atoms with Crippen LogP contribution in [0.4, 0.5) is 5.69 Å². The second kappa shape index (κ2) is 6.49. The van der Waals surface area contributed by atoms with Crippen molar-refractivity contribution < 1.29 is 9.53 Å². The number of hydrogen-bond acceptors (Lipinski definition) is 5. The van der Waals surface area contributed by atoms with Gasteiger partial charge in [-0.1, -0.05) is 11.6 Å². The zero-order chi connectivity index (χ0) is 16.5. The molecule has 8 heteroatoms. The number of amides is 1. The van der Waals surface area contributed by atoms with Crippen LogP contribution in [0.25, 0.3) is 5.69 Å².